The van der Waals surface area contributed by atoms with Crippen LogP contribution in [0.2, 0.25) is 0 Å². The van der Waals surface area contributed by atoms with Crippen molar-refractivity contribution in [2.45, 2.75) is 6.92 Å². The standard InChI is InChI=1S/C13H20N2O4/c1-10-8-12(11(9-14-10)13(16)17)15(4-6-18-2)5-7-19-3/h8-9H,4-7H2,1-3H3,(H,16,17). The molecule has 0 amide bonds. The van der Waals surface area contributed by atoms with Gasteiger partial charge in [-0.1, -0.05) is 0 Å². The van der Waals surface area contributed by atoms with Gasteiger partial charge in [-0.15, -0.1) is 0 Å². The summed E-state index contributed by atoms with van der Waals surface area (Å²) in [6.45, 7) is 4.07. The van der Waals surface area contributed by atoms with Crippen molar-refractivity contribution in [3.05, 3.63) is 23.5 Å². The zero-order valence-corrected chi connectivity index (χ0v) is 11.5. The molecule has 0 atom stereocenters. The molecule has 0 radical (unpaired) electrons. The Hall–Kier alpha value is -1.66. The van der Waals surface area contributed by atoms with Crippen LogP contribution in [0.3, 0.4) is 0 Å². The monoisotopic (exact) mass is 268 g/mol. The molecule has 19 heavy (non-hydrogen) atoms. The fourth-order valence-corrected chi connectivity index (χ4v) is 1.73. The molecule has 0 aliphatic heterocycles. The van der Waals surface area contributed by atoms with Crippen molar-refractivity contribution in [3.8, 4) is 0 Å². The number of methoxy groups -OCH3 is 2. The van der Waals surface area contributed by atoms with E-state index in [1.165, 1.54) is 6.20 Å². The zero-order valence-electron chi connectivity index (χ0n) is 11.5. The summed E-state index contributed by atoms with van der Waals surface area (Å²) in [5, 5.41) is 9.23. The molecule has 1 aromatic heterocycles. The van der Waals surface area contributed by atoms with Crippen molar-refractivity contribution in [3.63, 3.8) is 0 Å². The Kier molecular flexibility index (Phi) is 6.24. The average molecular weight is 268 g/mol. The van der Waals surface area contributed by atoms with Gasteiger partial charge in [0.15, 0.2) is 0 Å². The second kappa shape index (κ2) is 7.70. The SMILES string of the molecule is COCCN(CCOC)c1cc(C)ncc1C(=O)O. The van der Waals surface area contributed by atoms with Crippen LogP contribution in [-0.4, -0.2) is 56.6 Å². The number of aromatic carboxylic acids is 1. The Morgan fingerprint density at radius 2 is 1.89 bits per heavy atom. The van der Waals surface area contributed by atoms with Gasteiger partial charge in [0.25, 0.3) is 0 Å². The first-order valence-electron chi connectivity index (χ1n) is 6.03. The highest BCUT2D eigenvalue weighted by molar-refractivity contribution is 5.94. The van der Waals surface area contributed by atoms with Crippen LogP contribution in [0.5, 0.6) is 0 Å². The molecular formula is C13H20N2O4. The maximum absolute atomic E-state index is 11.3. The summed E-state index contributed by atoms with van der Waals surface area (Å²) in [5.41, 5.74) is 1.62. The lowest BCUT2D eigenvalue weighted by atomic mass is 10.2. The average Bonchev–Trinajstić information content (AvgIpc) is 2.38. The van der Waals surface area contributed by atoms with E-state index in [-0.39, 0.29) is 5.56 Å². The van der Waals surface area contributed by atoms with Crippen LogP contribution >= 0.6 is 0 Å². The minimum Gasteiger partial charge on any atom is -0.478 e. The molecule has 0 saturated carbocycles. The minimum atomic E-state index is -0.984. The number of carbonyl (C=O) groups is 1. The van der Waals surface area contributed by atoms with Crippen molar-refractivity contribution in [1.82, 2.24) is 4.98 Å². The molecule has 1 aromatic rings. The number of aryl methyl sites for hydroxylation is 1. The minimum absolute atomic E-state index is 0.192. The summed E-state index contributed by atoms with van der Waals surface area (Å²) >= 11 is 0. The van der Waals surface area contributed by atoms with Gasteiger partial charge in [-0.2, -0.15) is 0 Å². The summed E-state index contributed by atoms with van der Waals surface area (Å²) < 4.78 is 10.1. The van der Waals surface area contributed by atoms with E-state index in [1.807, 2.05) is 11.8 Å². The highest BCUT2D eigenvalue weighted by Gasteiger charge is 2.16. The summed E-state index contributed by atoms with van der Waals surface area (Å²) in [7, 11) is 3.23. The van der Waals surface area contributed by atoms with Gasteiger partial charge >= 0.3 is 5.97 Å². The Balaban J connectivity index is 3.03. The molecule has 0 unspecified atom stereocenters. The lowest BCUT2D eigenvalue weighted by molar-refractivity contribution is 0.0696. The molecular weight excluding hydrogens is 248 g/mol. The number of ether oxygens (including phenoxy) is 2. The van der Waals surface area contributed by atoms with E-state index in [2.05, 4.69) is 4.98 Å². The van der Waals surface area contributed by atoms with Gasteiger partial charge in [-0.05, 0) is 13.0 Å². The van der Waals surface area contributed by atoms with E-state index >= 15 is 0 Å². The van der Waals surface area contributed by atoms with Gasteiger partial charge in [0, 0.05) is 39.2 Å². The number of nitrogens with zero attached hydrogens (tertiary/aromatic N) is 2. The first-order valence-corrected chi connectivity index (χ1v) is 6.03. The van der Waals surface area contributed by atoms with Crippen LogP contribution in [0.4, 0.5) is 5.69 Å². The van der Waals surface area contributed by atoms with Crippen LogP contribution in [0.1, 0.15) is 16.1 Å². The third-order valence-corrected chi connectivity index (χ3v) is 2.72. The summed E-state index contributed by atoms with van der Waals surface area (Å²) in [5.74, 6) is -0.984. The molecule has 0 bridgehead atoms. The largest absolute Gasteiger partial charge is 0.478 e. The second-order valence-corrected chi connectivity index (χ2v) is 4.12. The van der Waals surface area contributed by atoms with Crippen molar-refractivity contribution < 1.29 is 19.4 Å². The molecule has 0 saturated heterocycles. The lowest BCUT2D eigenvalue weighted by Gasteiger charge is -2.25. The molecule has 1 rings (SSSR count). The van der Waals surface area contributed by atoms with E-state index in [4.69, 9.17) is 9.47 Å². The molecule has 0 spiro atoms. The smallest absolute Gasteiger partial charge is 0.339 e. The molecule has 6 nitrogen and oxygen atoms in total. The molecule has 106 valence electrons. The van der Waals surface area contributed by atoms with E-state index in [0.29, 0.717) is 32.0 Å². The highest BCUT2D eigenvalue weighted by atomic mass is 16.5. The number of hydrogen-bond donors (Lipinski definition) is 1. The summed E-state index contributed by atoms with van der Waals surface area (Å²) in [6, 6.07) is 1.77. The fourth-order valence-electron chi connectivity index (χ4n) is 1.73. The summed E-state index contributed by atoms with van der Waals surface area (Å²) in [4.78, 5) is 17.2. The predicted molar refractivity (Wildman–Crippen MR) is 71.9 cm³/mol. The Morgan fingerprint density at radius 1 is 1.32 bits per heavy atom. The molecule has 1 heterocycles. The van der Waals surface area contributed by atoms with E-state index < -0.39 is 5.97 Å². The van der Waals surface area contributed by atoms with Crippen molar-refractivity contribution >= 4 is 11.7 Å². The van der Waals surface area contributed by atoms with Gasteiger partial charge in [-0.25, -0.2) is 4.79 Å². The van der Waals surface area contributed by atoms with Crippen LogP contribution in [0.15, 0.2) is 12.3 Å². The van der Waals surface area contributed by atoms with Gasteiger partial charge in [0.05, 0.1) is 18.9 Å². The van der Waals surface area contributed by atoms with E-state index in [1.54, 1.807) is 20.3 Å². The first-order chi connectivity index (χ1) is 9.10. The fraction of sp³-hybridized carbons (Fsp3) is 0.538. The van der Waals surface area contributed by atoms with Crippen LogP contribution in [0, 0.1) is 6.92 Å². The van der Waals surface area contributed by atoms with Gasteiger partial charge < -0.3 is 19.5 Å². The van der Waals surface area contributed by atoms with Gasteiger partial charge in [-0.3, -0.25) is 4.98 Å². The molecule has 0 aromatic carbocycles. The highest BCUT2D eigenvalue weighted by Crippen LogP contribution is 2.20. The molecule has 1 N–H and O–H groups in total. The van der Waals surface area contributed by atoms with E-state index in [0.717, 1.165) is 5.69 Å². The van der Waals surface area contributed by atoms with Gasteiger partial charge in [0.2, 0.25) is 0 Å². The predicted octanol–water partition coefficient (Wildman–Crippen LogP) is 1.19. The van der Waals surface area contributed by atoms with E-state index in [9.17, 15) is 9.90 Å². The normalized spacial score (nSPS) is 10.5. The maximum atomic E-state index is 11.3. The second-order valence-electron chi connectivity index (χ2n) is 4.12. The Labute approximate surface area is 113 Å². The number of pyridine rings is 1. The topological polar surface area (TPSA) is 71.9 Å². The number of carboxylic acid groups (broad SMARTS) is 1. The third-order valence-electron chi connectivity index (χ3n) is 2.72. The van der Waals surface area contributed by atoms with Crippen molar-refractivity contribution in [1.29, 1.82) is 0 Å². The van der Waals surface area contributed by atoms with Crippen LogP contribution in [-0.2, 0) is 9.47 Å². The number of rotatable bonds is 8. The number of carboxylic acids is 1. The first kappa shape index (κ1) is 15.4. The molecule has 0 aliphatic rings. The Morgan fingerprint density at radius 3 is 2.37 bits per heavy atom. The lowest BCUT2D eigenvalue weighted by Crippen LogP contribution is -2.32. The van der Waals surface area contributed by atoms with Crippen LogP contribution in [0.25, 0.3) is 0 Å². The maximum Gasteiger partial charge on any atom is 0.339 e. The number of anilines is 1. The van der Waals surface area contributed by atoms with Crippen LogP contribution < -0.4 is 4.90 Å². The number of aromatic nitrogens is 1. The quantitative estimate of drug-likeness (QED) is 0.763. The van der Waals surface area contributed by atoms with Gasteiger partial charge in [0.1, 0.15) is 5.56 Å². The van der Waals surface area contributed by atoms with Crippen molar-refractivity contribution in [2.24, 2.45) is 0 Å². The Bertz CT molecular complexity index is 415. The molecule has 0 fully saturated rings. The number of hydrogen-bond acceptors (Lipinski definition) is 5. The molecule has 6 heteroatoms. The zero-order chi connectivity index (χ0) is 14.3. The summed E-state index contributed by atoms with van der Waals surface area (Å²) in [6.07, 6.45) is 1.39. The molecule has 0 aliphatic carbocycles. The van der Waals surface area contributed by atoms with Crippen molar-refractivity contribution in [2.75, 3.05) is 45.4 Å². The third kappa shape index (κ3) is 4.50.